The first-order valence-corrected chi connectivity index (χ1v) is 8.46. The molecular weight excluding hydrogens is 279 g/mol. The van der Waals surface area contributed by atoms with Gasteiger partial charge in [0.15, 0.2) is 0 Å². The quantitative estimate of drug-likeness (QED) is 0.666. The highest BCUT2D eigenvalue weighted by atomic mass is 32.2. The number of nitrogens with one attached hydrogen (secondary N) is 1. The summed E-state index contributed by atoms with van der Waals surface area (Å²) < 4.78 is 41.0. The van der Waals surface area contributed by atoms with E-state index in [2.05, 4.69) is 4.72 Å². The molecule has 0 spiro atoms. The van der Waals surface area contributed by atoms with Crippen molar-refractivity contribution in [3.63, 3.8) is 0 Å². The van der Waals surface area contributed by atoms with Crippen molar-refractivity contribution in [3.05, 3.63) is 24.0 Å². The van der Waals surface area contributed by atoms with E-state index in [0.717, 1.165) is 38.2 Å². The van der Waals surface area contributed by atoms with E-state index in [1.165, 1.54) is 12.1 Å². The first kappa shape index (κ1) is 15.3. The minimum atomic E-state index is -3.87. The molecule has 0 aliphatic heterocycles. The summed E-state index contributed by atoms with van der Waals surface area (Å²) in [5.41, 5.74) is 5.79. The Morgan fingerprint density at radius 2 is 1.95 bits per heavy atom. The van der Waals surface area contributed by atoms with Gasteiger partial charge in [-0.2, -0.15) is 0 Å². The Labute approximate surface area is 119 Å². The molecule has 0 amide bonds. The van der Waals surface area contributed by atoms with E-state index in [9.17, 15) is 12.8 Å². The van der Waals surface area contributed by atoms with E-state index in [0.29, 0.717) is 0 Å². The fourth-order valence-corrected chi connectivity index (χ4v) is 4.15. The van der Waals surface area contributed by atoms with E-state index >= 15 is 0 Å². The van der Waals surface area contributed by atoms with Gasteiger partial charge < -0.3 is 5.73 Å². The van der Waals surface area contributed by atoms with Crippen LogP contribution in [-0.4, -0.2) is 14.5 Å². The molecule has 2 atom stereocenters. The second kappa shape index (κ2) is 6.10. The molecule has 1 aliphatic carbocycles. The van der Waals surface area contributed by atoms with E-state index in [-0.39, 0.29) is 22.5 Å². The smallest absolute Gasteiger partial charge is 0.243 e. The molecular formula is C14H21FN2O2S. The topological polar surface area (TPSA) is 72.2 Å². The Morgan fingerprint density at radius 1 is 1.25 bits per heavy atom. The van der Waals surface area contributed by atoms with E-state index in [1.54, 1.807) is 0 Å². The number of hydrogen-bond acceptors (Lipinski definition) is 3. The van der Waals surface area contributed by atoms with Gasteiger partial charge in [-0.1, -0.05) is 26.2 Å². The number of rotatable bonds is 3. The van der Waals surface area contributed by atoms with Crippen molar-refractivity contribution in [1.29, 1.82) is 0 Å². The van der Waals surface area contributed by atoms with Gasteiger partial charge in [0.2, 0.25) is 10.0 Å². The van der Waals surface area contributed by atoms with Gasteiger partial charge in [-0.05, 0) is 37.0 Å². The molecule has 1 aromatic carbocycles. The van der Waals surface area contributed by atoms with E-state index in [1.807, 2.05) is 6.92 Å². The van der Waals surface area contributed by atoms with Gasteiger partial charge in [-0.3, -0.25) is 0 Å². The van der Waals surface area contributed by atoms with Gasteiger partial charge in [0.05, 0.1) is 0 Å². The van der Waals surface area contributed by atoms with Crippen LogP contribution in [0.3, 0.4) is 0 Å². The largest absolute Gasteiger partial charge is 0.399 e. The average molecular weight is 300 g/mol. The molecule has 0 heterocycles. The second-order valence-electron chi connectivity index (χ2n) is 5.53. The first-order chi connectivity index (χ1) is 9.40. The lowest BCUT2D eigenvalue weighted by atomic mass is 9.98. The number of nitrogen functional groups attached to an aromatic ring is 1. The van der Waals surface area contributed by atoms with Crippen LogP contribution in [-0.2, 0) is 10.0 Å². The van der Waals surface area contributed by atoms with Crippen LogP contribution in [0.2, 0.25) is 0 Å². The number of hydrogen-bond donors (Lipinski definition) is 2. The summed E-state index contributed by atoms with van der Waals surface area (Å²) in [4.78, 5) is -0.367. The zero-order valence-corrected chi connectivity index (χ0v) is 12.4. The number of halogens is 1. The van der Waals surface area contributed by atoms with Crippen LogP contribution in [0.1, 0.15) is 39.0 Å². The van der Waals surface area contributed by atoms with Crippen LogP contribution in [0.15, 0.2) is 23.1 Å². The van der Waals surface area contributed by atoms with Crippen molar-refractivity contribution < 1.29 is 12.8 Å². The maximum atomic E-state index is 13.7. The lowest BCUT2D eigenvalue weighted by Crippen LogP contribution is -2.39. The van der Waals surface area contributed by atoms with Crippen molar-refractivity contribution in [3.8, 4) is 0 Å². The Hall–Kier alpha value is -1.14. The summed E-state index contributed by atoms with van der Waals surface area (Å²) in [5, 5.41) is 0. The standard InChI is InChI=1S/C14H21FN2O2S/c1-10-5-3-2-4-6-13(10)17-20(18,19)14-9-11(16)7-8-12(14)15/h7-10,13,17H,2-6,16H2,1H3. The van der Waals surface area contributed by atoms with Gasteiger partial charge in [-0.25, -0.2) is 17.5 Å². The predicted octanol–water partition coefficient (Wildman–Crippen LogP) is 2.66. The Balaban J connectivity index is 2.24. The summed E-state index contributed by atoms with van der Waals surface area (Å²) >= 11 is 0. The maximum Gasteiger partial charge on any atom is 0.243 e. The van der Waals surface area contributed by atoms with E-state index < -0.39 is 15.8 Å². The highest BCUT2D eigenvalue weighted by Crippen LogP contribution is 2.25. The molecule has 0 saturated heterocycles. The molecule has 3 N–H and O–H groups in total. The van der Waals surface area contributed by atoms with Crippen molar-refractivity contribution >= 4 is 15.7 Å². The van der Waals surface area contributed by atoms with Gasteiger partial charge in [0.1, 0.15) is 10.7 Å². The van der Waals surface area contributed by atoms with Gasteiger partial charge >= 0.3 is 0 Å². The molecule has 2 rings (SSSR count). The van der Waals surface area contributed by atoms with E-state index in [4.69, 9.17) is 5.73 Å². The Kier molecular flexibility index (Phi) is 4.65. The molecule has 0 bridgehead atoms. The molecule has 4 nitrogen and oxygen atoms in total. The van der Waals surface area contributed by atoms with Crippen molar-refractivity contribution in [2.45, 2.75) is 50.0 Å². The fraction of sp³-hybridized carbons (Fsp3) is 0.571. The average Bonchev–Trinajstić information content (AvgIpc) is 2.57. The number of sulfonamides is 1. The molecule has 6 heteroatoms. The summed E-state index contributed by atoms with van der Waals surface area (Å²) in [7, 11) is -3.87. The van der Waals surface area contributed by atoms with Crippen LogP contribution in [0.25, 0.3) is 0 Å². The van der Waals surface area contributed by atoms with Crippen LogP contribution in [0.5, 0.6) is 0 Å². The molecule has 2 unspecified atom stereocenters. The second-order valence-corrected chi connectivity index (χ2v) is 7.22. The first-order valence-electron chi connectivity index (χ1n) is 6.97. The van der Waals surface area contributed by atoms with Crippen LogP contribution in [0.4, 0.5) is 10.1 Å². The third kappa shape index (κ3) is 3.49. The van der Waals surface area contributed by atoms with Crippen LogP contribution in [0, 0.1) is 11.7 Å². The maximum absolute atomic E-state index is 13.7. The molecule has 112 valence electrons. The summed E-state index contributed by atoms with van der Waals surface area (Å²) in [6.07, 6.45) is 5.02. The van der Waals surface area contributed by atoms with Crippen molar-refractivity contribution in [2.24, 2.45) is 5.92 Å². The third-order valence-electron chi connectivity index (χ3n) is 3.91. The Bertz CT molecular complexity index is 575. The van der Waals surface area contributed by atoms with Crippen LogP contribution >= 0.6 is 0 Å². The summed E-state index contributed by atoms with van der Waals surface area (Å²) in [5.74, 6) is -0.510. The molecule has 1 fully saturated rings. The monoisotopic (exact) mass is 300 g/mol. The minimum Gasteiger partial charge on any atom is -0.399 e. The third-order valence-corrected chi connectivity index (χ3v) is 5.42. The van der Waals surface area contributed by atoms with Gasteiger partial charge in [0.25, 0.3) is 0 Å². The summed E-state index contributed by atoms with van der Waals surface area (Å²) in [6, 6.07) is 3.46. The number of nitrogens with two attached hydrogens (primary N) is 1. The highest BCUT2D eigenvalue weighted by molar-refractivity contribution is 7.89. The lowest BCUT2D eigenvalue weighted by Gasteiger charge is -2.22. The number of benzene rings is 1. The minimum absolute atomic E-state index is 0.136. The molecule has 1 saturated carbocycles. The van der Waals surface area contributed by atoms with Crippen molar-refractivity contribution in [1.82, 2.24) is 4.72 Å². The molecule has 1 aliphatic rings. The Morgan fingerprint density at radius 3 is 2.70 bits per heavy atom. The zero-order chi connectivity index (χ0) is 14.8. The predicted molar refractivity (Wildman–Crippen MR) is 77.2 cm³/mol. The molecule has 20 heavy (non-hydrogen) atoms. The SMILES string of the molecule is CC1CCCCCC1NS(=O)(=O)c1cc(N)ccc1F. The number of anilines is 1. The van der Waals surface area contributed by atoms with Crippen molar-refractivity contribution in [2.75, 3.05) is 5.73 Å². The fourth-order valence-electron chi connectivity index (χ4n) is 2.66. The normalized spacial score (nSPS) is 24.3. The highest BCUT2D eigenvalue weighted by Gasteiger charge is 2.27. The molecule has 0 radical (unpaired) electrons. The summed E-state index contributed by atoms with van der Waals surface area (Å²) in [6.45, 7) is 2.04. The molecule has 0 aromatic heterocycles. The molecule has 1 aromatic rings. The van der Waals surface area contributed by atoms with Crippen LogP contribution < -0.4 is 10.5 Å². The lowest BCUT2D eigenvalue weighted by molar-refractivity contribution is 0.398. The van der Waals surface area contributed by atoms with Gasteiger partial charge in [-0.15, -0.1) is 0 Å². The zero-order valence-electron chi connectivity index (χ0n) is 11.6. The van der Waals surface area contributed by atoms with Gasteiger partial charge in [0, 0.05) is 11.7 Å².